The van der Waals surface area contributed by atoms with E-state index in [4.69, 9.17) is 9.47 Å². The Morgan fingerprint density at radius 1 is 1.17 bits per heavy atom. The first-order valence-corrected chi connectivity index (χ1v) is 5.96. The van der Waals surface area contributed by atoms with Crippen LogP contribution in [0.15, 0.2) is 18.2 Å². The summed E-state index contributed by atoms with van der Waals surface area (Å²) in [6.07, 6.45) is 0.512. The van der Waals surface area contributed by atoms with Crippen molar-refractivity contribution in [2.45, 2.75) is 12.5 Å². The summed E-state index contributed by atoms with van der Waals surface area (Å²) in [5, 5.41) is 6.22. The molecule has 1 heterocycles. The van der Waals surface area contributed by atoms with Gasteiger partial charge < -0.3 is 20.1 Å². The van der Waals surface area contributed by atoms with Gasteiger partial charge in [-0.15, -0.1) is 0 Å². The number of carbonyl (C=O) groups is 1. The van der Waals surface area contributed by atoms with Crippen LogP contribution < -0.4 is 20.1 Å². The molecule has 1 amide bonds. The molecule has 1 fully saturated rings. The highest BCUT2D eigenvalue weighted by Crippen LogP contribution is 2.26. The third kappa shape index (κ3) is 2.92. The predicted octanol–water partition coefficient (Wildman–Crippen LogP) is 0.854. The maximum absolute atomic E-state index is 11.6. The van der Waals surface area contributed by atoms with Crippen LogP contribution in [0.4, 0.5) is 0 Å². The quantitative estimate of drug-likeness (QED) is 0.835. The zero-order valence-electron chi connectivity index (χ0n) is 10.7. The van der Waals surface area contributed by atoms with Crippen molar-refractivity contribution in [1.29, 1.82) is 0 Å². The van der Waals surface area contributed by atoms with Gasteiger partial charge in [-0.2, -0.15) is 0 Å². The third-order valence-corrected chi connectivity index (χ3v) is 2.99. The SMILES string of the molecule is COc1cc(OC)cc(C2CNCCC(=O)N2)c1. The molecule has 1 aromatic carbocycles. The Hall–Kier alpha value is -1.75. The molecule has 0 spiro atoms. The van der Waals surface area contributed by atoms with Crippen molar-refractivity contribution in [3.05, 3.63) is 23.8 Å². The van der Waals surface area contributed by atoms with E-state index in [1.54, 1.807) is 14.2 Å². The molecule has 2 rings (SSSR count). The third-order valence-electron chi connectivity index (χ3n) is 2.99. The minimum atomic E-state index is -0.0519. The molecule has 1 aliphatic rings. The summed E-state index contributed by atoms with van der Waals surface area (Å²) in [6.45, 7) is 1.42. The lowest BCUT2D eigenvalue weighted by atomic mass is 10.1. The fourth-order valence-electron chi connectivity index (χ4n) is 2.00. The lowest BCUT2D eigenvalue weighted by molar-refractivity contribution is -0.121. The molecule has 2 N–H and O–H groups in total. The van der Waals surface area contributed by atoms with Gasteiger partial charge in [-0.05, 0) is 17.7 Å². The molecule has 0 bridgehead atoms. The van der Waals surface area contributed by atoms with Crippen LogP contribution in [0, 0.1) is 0 Å². The van der Waals surface area contributed by atoms with Crippen molar-refractivity contribution in [3.8, 4) is 11.5 Å². The van der Waals surface area contributed by atoms with Crippen LogP contribution in [0.25, 0.3) is 0 Å². The molecule has 1 saturated heterocycles. The maximum Gasteiger partial charge on any atom is 0.221 e. The lowest BCUT2D eigenvalue weighted by Gasteiger charge is -2.18. The van der Waals surface area contributed by atoms with Crippen LogP contribution in [0.5, 0.6) is 11.5 Å². The van der Waals surface area contributed by atoms with Crippen LogP contribution in [-0.2, 0) is 4.79 Å². The number of amides is 1. The van der Waals surface area contributed by atoms with Gasteiger partial charge in [-0.3, -0.25) is 4.79 Å². The molecule has 1 atom stereocenters. The fourth-order valence-corrected chi connectivity index (χ4v) is 2.00. The number of nitrogens with one attached hydrogen (secondary N) is 2. The summed E-state index contributed by atoms with van der Waals surface area (Å²) in [5.41, 5.74) is 0.981. The lowest BCUT2D eigenvalue weighted by Crippen LogP contribution is -2.30. The van der Waals surface area contributed by atoms with Gasteiger partial charge in [0.05, 0.1) is 20.3 Å². The second-order valence-electron chi connectivity index (χ2n) is 4.22. The molecule has 0 aromatic heterocycles. The van der Waals surface area contributed by atoms with Crippen LogP contribution in [0.1, 0.15) is 18.0 Å². The number of ether oxygens (including phenoxy) is 2. The molecule has 98 valence electrons. The van der Waals surface area contributed by atoms with Gasteiger partial charge in [0.15, 0.2) is 0 Å². The first-order valence-electron chi connectivity index (χ1n) is 5.96. The van der Waals surface area contributed by atoms with E-state index in [9.17, 15) is 4.79 Å². The van der Waals surface area contributed by atoms with Gasteiger partial charge in [0.2, 0.25) is 5.91 Å². The Balaban J connectivity index is 2.27. The van der Waals surface area contributed by atoms with E-state index >= 15 is 0 Å². The molecular weight excluding hydrogens is 232 g/mol. The van der Waals surface area contributed by atoms with Crippen molar-refractivity contribution >= 4 is 5.91 Å². The zero-order valence-corrected chi connectivity index (χ0v) is 10.7. The van der Waals surface area contributed by atoms with Gasteiger partial charge >= 0.3 is 0 Å². The number of rotatable bonds is 3. The Bertz CT molecular complexity index is 412. The van der Waals surface area contributed by atoms with Crippen molar-refractivity contribution < 1.29 is 14.3 Å². The highest BCUT2D eigenvalue weighted by molar-refractivity contribution is 5.77. The maximum atomic E-state index is 11.6. The van der Waals surface area contributed by atoms with E-state index in [1.807, 2.05) is 18.2 Å². The topological polar surface area (TPSA) is 59.6 Å². The summed E-state index contributed by atoms with van der Waals surface area (Å²) in [4.78, 5) is 11.6. The summed E-state index contributed by atoms with van der Waals surface area (Å²) >= 11 is 0. The molecular formula is C13H18N2O3. The predicted molar refractivity (Wildman–Crippen MR) is 67.9 cm³/mol. The number of carbonyl (C=O) groups excluding carboxylic acids is 1. The van der Waals surface area contributed by atoms with Gasteiger partial charge in [0.25, 0.3) is 0 Å². The zero-order chi connectivity index (χ0) is 13.0. The monoisotopic (exact) mass is 250 g/mol. The standard InChI is InChI=1S/C13H18N2O3/c1-17-10-5-9(6-11(7-10)18-2)12-8-14-4-3-13(16)15-12/h5-7,12,14H,3-4,8H2,1-2H3,(H,15,16). The summed E-state index contributed by atoms with van der Waals surface area (Å²) in [6, 6.07) is 5.60. The molecule has 0 aliphatic carbocycles. The number of hydrogen-bond donors (Lipinski definition) is 2. The summed E-state index contributed by atoms with van der Waals surface area (Å²) < 4.78 is 10.5. The van der Waals surface area contributed by atoms with Gasteiger partial charge in [0.1, 0.15) is 11.5 Å². The van der Waals surface area contributed by atoms with E-state index in [-0.39, 0.29) is 11.9 Å². The van der Waals surface area contributed by atoms with E-state index < -0.39 is 0 Å². The molecule has 5 heteroatoms. The molecule has 1 unspecified atom stereocenters. The second-order valence-corrected chi connectivity index (χ2v) is 4.22. The Labute approximate surface area is 106 Å². The van der Waals surface area contributed by atoms with Crippen molar-refractivity contribution in [2.75, 3.05) is 27.3 Å². The van der Waals surface area contributed by atoms with E-state index in [1.165, 1.54) is 0 Å². The van der Waals surface area contributed by atoms with Crippen LogP contribution in [-0.4, -0.2) is 33.2 Å². The normalized spacial score (nSPS) is 19.9. The first-order chi connectivity index (χ1) is 8.72. The fraction of sp³-hybridized carbons (Fsp3) is 0.462. The van der Waals surface area contributed by atoms with Crippen LogP contribution in [0.2, 0.25) is 0 Å². The number of methoxy groups -OCH3 is 2. The minimum absolute atomic E-state index is 0.0519. The van der Waals surface area contributed by atoms with Gasteiger partial charge in [-0.25, -0.2) is 0 Å². The number of hydrogen-bond acceptors (Lipinski definition) is 4. The Morgan fingerprint density at radius 2 is 1.83 bits per heavy atom. The van der Waals surface area contributed by atoms with E-state index in [0.717, 1.165) is 17.1 Å². The molecule has 18 heavy (non-hydrogen) atoms. The Kier molecular flexibility index (Phi) is 4.04. The van der Waals surface area contributed by atoms with Crippen molar-refractivity contribution in [1.82, 2.24) is 10.6 Å². The largest absolute Gasteiger partial charge is 0.497 e. The minimum Gasteiger partial charge on any atom is -0.497 e. The van der Waals surface area contributed by atoms with E-state index in [0.29, 0.717) is 19.5 Å². The molecule has 1 aromatic rings. The summed E-state index contributed by atoms with van der Waals surface area (Å²) in [7, 11) is 3.23. The average Bonchev–Trinajstić information content (AvgIpc) is 2.62. The molecule has 0 radical (unpaired) electrons. The molecule has 5 nitrogen and oxygen atoms in total. The van der Waals surface area contributed by atoms with Crippen LogP contribution >= 0.6 is 0 Å². The Morgan fingerprint density at radius 3 is 2.44 bits per heavy atom. The second kappa shape index (κ2) is 5.73. The van der Waals surface area contributed by atoms with Crippen molar-refractivity contribution in [3.63, 3.8) is 0 Å². The average molecular weight is 250 g/mol. The highest BCUT2D eigenvalue weighted by Gasteiger charge is 2.19. The highest BCUT2D eigenvalue weighted by atomic mass is 16.5. The van der Waals surface area contributed by atoms with Crippen LogP contribution in [0.3, 0.4) is 0 Å². The first kappa shape index (κ1) is 12.7. The number of benzene rings is 1. The van der Waals surface area contributed by atoms with E-state index in [2.05, 4.69) is 10.6 Å². The molecule has 1 aliphatic heterocycles. The van der Waals surface area contributed by atoms with Gasteiger partial charge in [-0.1, -0.05) is 0 Å². The molecule has 0 saturated carbocycles. The van der Waals surface area contributed by atoms with Gasteiger partial charge in [0, 0.05) is 25.6 Å². The summed E-state index contributed by atoms with van der Waals surface area (Å²) in [5.74, 6) is 1.51. The van der Waals surface area contributed by atoms with Crippen molar-refractivity contribution in [2.24, 2.45) is 0 Å². The smallest absolute Gasteiger partial charge is 0.221 e.